The van der Waals surface area contributed by atoms with E-state index in [2.05, 4.69) is 15.4 Å². The molecule has 0 saturated carbocycles. The summed E-state index contributed by atoms with van der Waals surface area (Å²) in [5.41, 5.74) is 8.86. The molecule has 2 amide bonds. The van der Waals surface area contributed by atoms with Crippen molar-refractivity contribution >= 4 is 34.7 Å². The number of nitrogens with zero attached hydrogens (tertiary/aromatic N) is 5. The van der Waals surface area contributed by atoms with Gasteiger partial charge in [-0.05, 0) is 29.7 Å². The van der Waals surface area contributed by atoms with Gasteiger partial charge in [0.2, 0.25) is 5.91 Å². The molecule has 220 valence electrons. The average molecular weight is 592 g/mol. The third-order valence-corrected chi connectivity index (χ3v) is 7.98. The van der Waals surface area contributed by atoms with Crippen LogP contribution in [-0.2, 0) is 11.3 Å². The smallest absolute Gasteiger partial charge is 0.253 e. The van der Waals surface area contributed by atoms with Crippen LogP contribution < -0.4 is 11.1 Å². The molecular formula is C28H33ClF3N7O2. The van der Waals surface area contributed by atoms with Crippen molar-refractivity contribution < 1.29 is 22.8 Å². The summed E-state index contributed by atoms with van der Waals surface area (Å²) >= 11 is 6.40. The number of anilines is 1. The number of halogens is 4. The number of alkyl halides is 3. The van der Waals surface area contributed by atoms with E-state index in [0.29, 0.717) is 29.7 Å². The molecule has 2 aromatic heterocycles. The van der Waals surface area contributed by atoms with Gasteiger partial charge in [0.25, 0.3) is 11.8 Å². The van der Waals surface area contributed by atoms with Gasteiger partial charge < -0.3 is 16.0 Å². The zero-order valence-corrected chi connectivity index (χ0v) is 23.7. The SMILES string of the molecule is CC(C)CC(=O)N1C[C@H](F)[C@H](NC(=O)c2cc(-c3cc(CN4CCC(F)(F)CC4)c4c(N)ncnn34)ccc2Cl)C1. The Morgan fingerprint density at radius 2 is 1.93 bits per heavy atom. The lowest BCUT2D eigenvalue weighted by Crippen LogP contribution is -2.42. The molecule has 2 atom stereocenters. The second-order valence-electron chi connectivity index (χ2n) is 11.3. The number of hydrogen-bond donors (Lipinski definition) is 2. The molecule has 2 saturated heterocycles. The normalized spacial score (nSPS) is 21.1. The van der Waals surface area contributed by atoms with Crippen LogP contribution in [0.25, 0.3) is 16.8 Å². The van der Waals surface area contributed by atoms with Crippen molar-refractivity contribution in [2.24, 2.45) is 5.92 Å². The molecule has 0 aliphatic carbocycles. The zero-order chi connectivity index (χ0) is 29.5. The van der Waals surface area contributed by atoms with Crippen molar-refractivity contribution in [1.82, 2.24) is 29.7 Å². The summed E-state index contributed by atoms with van der Waals surface area (Å²) in [6, 6.07) is 5.88. The lowest BCUT2D eigenvalue weighted by molar-refractivity contribution is -0.131. The molecule has 41 heavy (non-hydrogen) atoms. The molecule has 0 spiro atoms. The van der Waals surface area contributed by atoms with E-state index in [4.69, 9.17) is 17.3 Å². The van der Waals surface area contributed by atoms with E-state index in [1.54, 1.807) is 22.7 Å². The molecule has 2 aliphatic heterocycles. The summed E-state index contributed by atoms with van der Waals surface area (Å²) in [6.45, 7) is 4.72. The molecule has 1 aromatic carbocycles. The van der Waals surface area contributed by atoms with Gasteiger partial charge in [-0.15, -0.1) is 0 Å². The Labute approximate surface area is 240 Å². The van der Waals surface area contributed by atoms with E-state index in [1.807, 2.05) is 24.8 Å². The maximum absolute atomic E-state index is 14.8. The van der Waals surface area contributed by atoms with Gasteiger partial charge in [0.15, 0.2) is 5.82 Å². The molecule has 0 radical (unpaired) electrons. The minimum atomic E-state index is -2.66. The number of nitrogens with one attached hydrogen (secondary N) is 1. The van der Waals surface area contributed by atoms with E-state index in [0.717, 1.165) is 5.56 Å². The Morgan fingerprint density at radius 3 is 2.63 bits per heavy atom. The number of rotatable bonds is 7. The number of carbonyl (C=O) groups excluding carboxylic acids is 2. The van der Waals surface area contributed by atoms with Crippen molar-refractivity contribution in [2.75, 3.05) is 31.9 Å². The predicted octanol–water partition coefficient (Wildman–Crippen LogP) is 4.19. The van der Waals surface area contributed by atoms with Gasteiger partial charge in [-0.2, -0.15) is 5.10 Å². The van der Waals surface area contributed by atoms with Crippen molar-refractivity contribution in [2.45, 2.75) is 57.8 Å². The highest BCUT2D eigenvalue weighted by Crippen LogP contribution is 2.33. The number of piperidine rings is 1. The van der Waals surface area contributed by atoms with Crippen LogP contribution in [0.2, 0.25) is 5.02 Å². The molecule has 3 aromatic rings. The first kappa shape index (κ1) is 29.1. The van der Waals surface area contributed by atoms with Crippen LogP contribution >= 0.6 is 11.6 Å². The number of aromatic nitrogens is 3. The summed E-state index contributed by atoms with van der Waals surface area (Å²) in [7, 11) is 0. The molecule has 9 nitrogen and oxygen atoms in total. The molecule has 3 N–H and O–H groups in total. The number of fused-ring (bicyclic) bond motifs is 1. The summed E-state index contributed by atoms with van der Waals surface area (Å²) in [5, 5.41) is 7.24. The van der Waals surface area contributed by atoms with E-state index in [1.165, 1.54) is 11.2 Å². The number of likely N-dealkylation sites (tertiary alicyclic amines) is 2. The first-order valence-electron chi connectivity index (χ1n) is 13.7. The Morgan fingerprint density at radius 1 is 1.20 bits per heavy atom. The topological polar surface area (TPSA) is 109 Å². The lowest BCUT2D eigenvalue weighted by atomic mass is 10.0. The Bertz CT molecular complexity index is 1450. The summed E-state index contributed by atoms with van der Waals surface area (Å²) in [6.07, 6.45) is -0.195. The lowest BCUT2D eigenvalue weighted by Gasteiger charge is -2.31. The molecule has 5 rings (SSSR count). The summed E-state index contributed by atoms with van der Waals surface area (Å²) in [5.74, 6) is -2.98. The first-order valence-corrected chi connectivity index (χ1v) is 14.0. The molecule has 2 aliphatic rings. The Hall–Kier alpha value is -3.38. The van der Waals surface area contributed by atoms with Gasteiger partial charge in [-0.3, -0.25) is 14.5 Å². The summed E-state index contributed by atoms with van der Waals surface area (Å²) in [4.78, 5) is 33.2. The third kappa shape index (κ3) is 6.28. The maximum Gasteiger partial charge on any atom is 0.253 e. The monoisotopic (exact) mass is 591 g/mol. The van der Waals surface area contributed by atoms with Crippen molar-refractivity contribution in [1.29, 1.82) is 0 Å². The highest BCUT2D eigenvalue weighted by molar-refractivity contribution is 6.34. The van der Waals surface area contributed by atoms with E-state index in [9.17, 15) is 22.8 Å². The Kier molecular flexibility index (Phi) is 8.15. The van der Waals surface area contributed by atoms with Crippen LogP contribution in [0.1, 0.15) is 49.0 Å². The highest BCUT2D eigenvalue weighted by atomic mass is 35.5. The van der Waals surface area contributed by atoms with Gasteiger partial charge in [-0.1, -0.05) is 31.5 Å². The number of hydrogen-bond acceptors (Lipinski definition) is 6. The van der Waals surface area contributed by atoms with E-state index >= 15 is 0 Å². The molecule has 4 heterocycles. The Balaban J connectivity index is 1.39. The molecule has 13 heteroatoms. The highest BCUT2D eigenvalue weighted by Gasteiger charge is 2.37. The van der Waals surface area contributed by atoms with Crippen LogP contribution in [0.5, 0.6) is 0 Å². The fourth-order valence-corrected chi connectivity index (χ4v) is 5.64. The third-order valence-electron chi connectivity index (χ3n) is 7.65. The van der Waals surface area contributed by atoms with Crippen LogP contribution in [0, 0.1) is 5.92 Å². The first-order chi connectivity index (χ1) is 19.4. The van der Waals surface area contributed by atoms with Crippen molar-refractivity contribution in [3.63, 3.8) is 0 Å². The maximum atomic E-state index is 14.8. The summed E-state index contributed by atoms with van der Waals surface area (Å²) < 4.78 is 43.8. The second kappa shape index (κ2) is 11.5. The standard InChI is InChI=1S/C28H33ClF3N7O2/c1-16(2)9-24(40)38-13-21(30)22(14-38)36-27(41)19-10-17(3-4-20(19)29)23-11-18(25-26(33)34-15-35-39(23)25)12-37-7-5-28(31,32)6-8-37/h3-4,10-11,15-16,21-22H,5-9,12-14H2,1-2H3,(H,36,41)(H2,33,34,35)/t21-,22+/m0/s1. The minimum absolute atomic E-state index is 0.0705. The van der Waals surface area contributed by atoms with Crippen LogP contribution in [0.3, 0.4) is 0 Å². The predicted molar refractivity (Wildman–Crippen MR) is 149 cm³/mol. The van der Waals surface area contributed by atoms with Crippen molar-refractivity contribution in [3.8, 4) is 11.3 Å². The minimum Gasteiger partial charge on any atom is -0.382 e. The fraction of sp³-hybridized carbons (Fsp3) is 0.500. The molecule has 2 fully saturated rings. The number of amides is 2. The van der Waals surface area contributed by atoms with E-state index < -0.39 is 24.0 Å². The van der Waals surface area contributed by atoms with E-state index in [-0.39, 0.29) is 67.2 Å². The van der Waals surface area contributed by atoms with Gasteiger partial charge in [0.1, 0.15) is 18.0 Å². The average Bonchev–Trinajstić information content (AvgIpc) is 3.46. The van der Waals surface area contributed by atoms with Gasteiger partial charge in [0.05, 0.1) is 28.9 Å². The number of carbonyl (C=O) groups is 2. The van der Waals surface area contributed by atoms with Crippen LogP contribution in [-0.4, -0.2) is 80.5 Å². The molecule has 0 unspecified atom stereocenters. The largest absolute Gasteiger partial charge is 0.382 e. The van der Waals surface area contributed by atoms with Gasteiger partial charge in [0, 0.05) is 51.0 Å². The zero-order valence-electron chi connectivity index (χ0n) is 22.9. The van der Waals surface area contributed by atoms with Gasteiger partial charge >= 0.3 is 0 Å². The molecular weight excluding hydrogens is 559 g/mol. The van der Waals surface area contributed by atoms with Gasteiger partial charge in [-0.25, -0.2) is 22.7 Å². The van der Waals surface area contributed by atoms with Crippen molar-refractivity contribution in [3.05, 3.63) is 46.7 Å². The molecule has 0 bridgehead atoms. The number of nitrogens with two attached hydrogens (primary N) is 1. The number of benzene rings is 1. The second-order valence-corrected chi connectivity index (χ2v) is 11.7. The van der Waals surface area contributed by atoms with Crippen LogP contribution in [0.4, 0.5) is 19.0 Å². The number of nitrogen functional groups attached to an aromatic ring is 1. The van der Waals surface area contributed by atoms with Crippen LogP contribution in [0.15, 0.2) is 30.6 Å². The quantitative estimate of drug-likeness (QED) is 0.427. The fourth-order valence-electron chi connectivity index (χ4n) is 5.44.